The topological polar surface area (TPSA) is 0 Å². The van der Waals surface area contributed by atoms with Gasteiger partial charge in [0.1, 0.15) is 0 Å². The first-order chi connectivity index (χ1) is 9.45. The van der Waals surface area contributed by atoms with Gasteiger partial charge in [-0.2, -0.15) is 0 Å². The van der Waals surface area contributed by atoms with Crippen molar-refractivity contribution < 1.29 is 0 Å². The molecule has 1 atom stereocenters. The third kappa shape index (κ3) is 3.44. The summed E-state index contributed by atoms with van der Waals surface area (Å²) in [4.78, 5) is 0. The summed E-state index contributed by atoms with van der Waals surface area (Å²) in [7, 11) is 0. The SMILES string of the molecule is C1=C(C2CCCCCC2)C(C2CCCCCC2)CC1. The zero-order chi connectivity index (χ0) is 12.9. The highest BCUT2D eigenvalue weighted by atomic mass is 14.4. The molecule has 3 aliphatic rings. The Labute approximate surface area is 120 Å². The molecule has 0 saturated heterocycles. The van der Waals surface area contributed by atoms with Crippen molar-refractivity contribution in [3.05, 3.63) is 11.6 Å². The molecule has 0 aromatic heterocycles. The average Bonchev–Trinajstić information content (AvgIpc) is 2.67. The monoisotopic (exact) mass is 260 g/mol. The largest absolute Gasteiger partial charge is 0.0847 e. The predicted molar refractivity (Wildman–Crippen MR) is 83.2 cm³/mol. The van der Waals surface area contributed by atoms with Crippen molar-refractivity contribution >= 4 is 0 Å². The first-order valence-corrected chi connectivity index (χ1v) is 9.15. The lowest BCUT2D eigenvalue weighted by Gasteiger charge is -2.29. The van der Waals surface area contributed by atoms with Crippen molar-refractivity contribution in [2.45, 2.75) is 89.9 Å². The molecule has 0 nitrogen and oxygen atoms in total. The highest BCUT2D eigenvalue weighted by molar-refractivity contribution is 5.18. The summed E-state index contributed by atoms with van der Waals surface area (Å²) in [6.45, 7) is 0. The van der Waals surface area contributed by atoms with E-state index in [9.17, 15) is 0 Å². The molecule has 0 radical (unpaired) electrons. The minimum Gasteiger partial charge on any atom is -0.0847 e. The molecule has 0 aromatic rings. The zero-order valence-electron chi connectivity index (χ0n) is 12.7. The van der Waals surface area contributed by atoms with E-state index in [0.29, 0.717) is 0 Å². The van der Waals surface area contributed by atoms with E-state index >= 15 is 0 Å². The number of hydrogen-bond acceptors (Lipinski definition) is 0. The minimum atomic E-state index is 0.984. The maximum Gasteiger partial charge on any atom is -0.0169 e. The van der Waals surface area contributed by atoms with Crippen LogP contribution in [0, 0.1) is 17.8 Å². The lowest BCUT2D eigenvalue weighted by atomic mass is 9.76. The van der Waals surface area contributed by atoms with Crippen LogP contribution in [0.4, 0.5) is 0 Å². The molecule has 0 heteroatoms. The van der Waals surface area contributed by atoms with E-state index in [1.54, 1.807) is 0 Å². The molecule has 0 N–H and O–H groups in total. The van der Waals surface area contributed by atoms with Crippen molar-refractivity contribution in [3.8, 4) is 0 Å². The number of rotatable bonds is 2. The van der Waals surface area contributed by atoms with Gasteiger partial charge in [0, 0.05) is 0 Å². The van der Waals surface area contributed by atoms with E-state index in [1.807, 2.05) is 5.57 Å². The molecule has 19 heavy (non-hydrogen) atoms. The maximum atomic E-state index is 2.67. The summed E-state index contributed by atoms with van der Waals surface area (Å²) in [5.41, 5.74) is 1.94. The van der Waals surface area contributed by atoms with Crippen LogP contribution in [-0.2, 0) is 0 Å². The summed E-state index contributed by atoms with van der Waals surface area (Å²) in [5, 5.41) is 0. The molecule has 0 aromatic carbocycles. The van der Waals surface area contributed by atoms with Crippen LogP contribution in [0.5, 0.6) is 0 Å². The van der Waals surface area contributed by atoms with Gasteiger partial charge in [-0.3, -0.25) is 0 Å². The molecule has 0 heterocycles. The second-order valence-corrected chi connectivity index (χ2v) is 7.33. The molecule has 108 valence electrons. The van der Waals surface area contributed by atoms with E-state index in [-0.39, 0.29) is 0 Å². The highest BCUT2D eigenvalue weighted by Crippen LogP contribution is 2.45. The van der Waals surface area contributed by atoms with Crippen LogP contribution in [0.3, 0.4) is 0 Å². The Balaban J connectivity index is 1.65. The molecule has 0 bridgehead atoms. The van der Waals surface area contributed by atoms with Gasteiger partial charge in [-0.1, -0.05) is 63.0 Å². The highest BCUT2D eigenvalue weighted by Gasteiger charge is 2.32. The quantitative estimate of drug-likeness (QED) is 0.406. The summed E-state index contributed by atoms with van der Waals surface area (Å²) < 4.78 is 0. The van der Waals surface area contributed by atoms with Crippen LogP contribution < -0.4 is 0 Å². The zero-order valence-corrected chi connectivity index (χ0v) is 12.7. The van der Waals surface area contributed by atoms with Crippen LogP contribution >= 0.6 is 0 Å². The van der Waals surface area contributed by atoms with Crippen molar-refractivity contribution in [3.63, 3.8) is 0 Å². The Morgan fingerprint density at radius 1 is 0.632 bits per heavy atom. The first kappa shape index (κ1) is 13.7. The number of allylic oxidation sites excluding steroid dienone is 2. The van der Waals surface area contributed by atoms with Gasteiger partial charge in [0.05, 0.1) is 0 Å². The van der Waals surface area contributed by atoms with Crippen molar-refractivity contribution in [2.24, 2.45) is 17.8 Å². The maximum absolute atomic E-state index is 2.67. The molecular formula is C19H32. The van der Waals surface area contributed by atoms with Gasteiger partial charge in [0.15, 0.2) is 0 Å². The van der Waals surface area contributed by atoms with Crippen LogP contribution in [0.15, 0.2) is 11.6 Å². The lowest BCUT2D eigenvalue weighted by molar-refractivity contribution is 0.308. The fraction of sp³-hybridized carbons (Fsp3) is 0.895. The molecule has 2 saturated carbocycles. The van der Waals surface area contributed by atoms with Crippen molar-refractivity contribution in [2.75, 3.05) is 0 Å². The fourth-order valence-electron chi connectivity index (χ4n) is 5.05. The molecule has 2 fully saturated rings. The molecular weight excluding hydrogens is 228 g/mol. The Kier molecular flexibility index (Phi) is 5.02. The number of hydrogen-bond donors (Lipinski definition) is 0. The molecule has 0 aliphatic heterocycles. The molecule has 3 rings (SSSR count). The van der Waals surface area contributed by atoms with E-state index in [2.05, 4.69) is 6.08 Å². The Hall–Kier alpha value is -0.260. The van der Waals surface area contributed by atoms with E-state index in [0.717, 1.165) is 17.8 Å². The second-order valence-electron chi connectivity index (χ2n) is 7.33. The van der Waals surface area contributed by atoms with Crippen LogP contribution in [0.25, 0.3) is 0 Å². The van der Waals surface area contributed by atoms with Gasteiger partial charge < -0.3 is 0 Å². The third-order valence-electron chi connectivity index (χ3n) is 6.08. The van der Waals surface area contributed by atoms with Gasteiger partial charge >= 0.3 is 0 Å². The first-order valence-electron chi connectivity index (χ1n) is 9.15. The average molecular weight is 260 g/mol. The normalized spacial score (nSPS) is 31.8. The van der Waals surface area contributed by atoms with Gasteiger partial charge in [-0.15, -0.1) is 0 Å². The Morgan fingerprint density at radius 2 is 1.21 bits per heavy atom. The summed E-state index contributed by atoms with van der Waals surface area (Å²) >= 11 is 0. The Bertz CT molecular complexity index is 285. The van der Waals surface area contributed by atoms with Gasteiger partial charge in [0.25, 0.3) is 0 Å². The molecule has 0 spiro atoms. The van der Waals surface area contributed by atoms with Crippen LogP contribution in [0.1, 0.15) is 89.9 Å². The summed E-state index contributed by atoms with van der Waals surface area (Å²) in [5.74, 6) is 3.04. The molecule has 0 amide bonds. The van der Waals surface area contributed by atoms with Gasteiger partial charge in [-0.25, -0.2) is 0 Å². The summed E-state index contributed by atoms with van der Waals surface area (Å²) in [6.07, 6.45) is 23.7. The summed E-state index contributed by atoms with van der Waals surface area (Å²) in [6, 6.07) is 0. The second kappa shape index (κ2) is 6.95. The van der Waals surface area contributed by atoms with Gasteiger partial charge in [0.2, 0.25) is 0 Å². The smallest absolute Gasteiger partial charge is 0.0169 e. The fourth-order valence-corrected chi connectivity index (χ4v) is 5.05. The van der Waals surface area contributed by atoms with E-state index in [1.165, 1.54) is 89.9 Å². The molecule has 3 aliphatic carbocycles. The Morgan fingerprint density at radius 3 is 1.84 bits per heavy atom. The third-order valence-corrected chi connectivity index (χ3v) is 6.08. The van der Waals surface area contributed by atoms with Crippen LogP contribution in [-0.4, -0.2) is 0 Å². The van der Waals surface area contributed by atoms with Crippen molar-refractivity contribution in [1.82, 2.24) is 0 Å². The van der Waals surface area contributed by atoms with Crippen molar-refractivity contribution in [1.29, 1.82) is 0 Å². The van der Waals surface area contributed by atoms with E-state index < -0.39 is 0 Å². The standard InChI is InChI=1S/C19H32/c1-2-6-11-16(10-5-1)18-14-9-15-19(18)17-12-7-3-4-8-13-17/h14,16-17,19H,1-13,15H2. The predicted octanol–water partition coefficient (Wildman–Crippen LogP) is 6.26. The van der Waals surface area contributed by atoms with Crippen LogP contribution in [0.2, 0.25) is 0 Å². The minimum absolute atomic E-state index is 0.984. The molecule has 1 unspecified atom stereocenters. The lowest BCUT2D eigenvalue weighted by Crippen LogP contribution is -2.18. The van der Waals surface area contributed by atoms with E-state index in [4.69, 9.17) is 0 Å². The van der Waals surface area contributed by atoms with Gasteiger partial charge in [-0.05, 0) is 56.3 Å².